The molecule has 0 aliphatic carbocycles. The van der Waals surface area contributed by atoms with Crippen molar-refractivity contribution in [1.82, 2.24) is 0 Å². The smallest absolute Gasteiger partial charge is 0.346 e. The number of fused-ring (bicyclic) bond motifs is 6. The Morgan fingerprint density at radius 2 is 0.737 bits per heavy atom. The zero-order valence-electron chi connectivity index (χ0n) is 19.5. The predicted molar refractivity (Wildman–Crippen MR) is 141 cm³/mol. The Labute approximate surface area is 214 Å². The van der Waals surface area contributed by atoms with Crippen LogP contribution in [0.3, 0.4) is 0 Å². The highest BCUT2D eigenvalue weighted by atomic mass is 16.6. The fourth-order valence-corrected chi connectivity index (χ4v) is 5.83. The van der Waals surface area contributed by atoms with Gasteiger partial charge in [0.05, 0.1) is 22.3 Å². The number of hydrogen-bond acceptors (Lipinski definition) is 6. The van der Waals surface area contributed by atoms with Crippen LogP contribution in [0.1, 0.15) is 41.4 Å². The first-order chi connectivity index (χ1) is 18.5. The van der Waals surface area contributed by atoms with Crippen LogP contribution in [0.15, 0.2) is 84.9 Å². The van der Waals surface area contributed by atoms with Gasteiger partial charge in [-0.25, -0.2) is 19.2 Å². The van der Waals surface area contributed by atoms with Gasteiger partial charge in [-0.05, 0) is 90.6 Å². The van der Waals surface area contributed by atoms with Gasteiger partial charge in [0.25, 0.3) is 0 Å². The lowest BCUT2D eigenvalue weighted by Gasteiger charge is -2.18. The molecule has 8 rings (SSSR count). The zero-order chi connectivity index (χ0) is 25.7. The van der Waals surface area contributed by atoms with Gasteiger partial charge < -0.3 is 9.47 Å². The number of hydrogen-bond donors (Lipinski definition) is 0. The molecule has 0 atom stereocenters. The van der Waals surface area contributed by atoms with E-state index in [1.165, 1.54) is 0 Å². The van der Waals surface area contributed by atoms with Crippen LogP contribution in [0.25, 0.3) is 54.2 Å². The second kappa shape index (κ2) is 7.11. The van der Waals surface area contributed by atoms with Crippen molar-refractivity contribution in [2.45, 2.75) is 0 Å². The highest BCUT2D eigenvalue weighted by molar-refractivity contribution is 6.27. The molecule has 0 saturated carbocycles. The lowest BCUT2D eigenvalue weighted by molar-refractivity contribution is 0.0425. The van der Waals surface area contributed by atoms with E-state index in [1.807, 2.05) is 60.7 Å². The van der Waals surface area contributed by atoms with Crippen molar-refractivity contribution < 1.29 is 28.7 Å². The molecular formula is C32H14O6. The molecule has 0 amide bonds. The molecule has 0 radical (unpaired) electrons. The van der Waals surface area contributed by atoms with E-state index < -0.39 is 23.9 Å². The lowest BCUT2D eigenvalue weighted by Crippen LogP contribution is -1.97. The molecular weight excluding hydrogens is 480 g/mol. The van der Waals surface area contributed by atoms with Crippen LogP contribution in [0.2, 0.25) is 0 Å². The summed E-state index contributed by atoms with van der Waals surface area (Å²) < 4.78 is 9.80. The Kier molecular flexibility index (Phi) is 3.89. The maximum Gasteiger partial charge on any atom is 0.346 e. The molecule has 6 heteroatoms. The largest absolute Gasteiger partial charge is 0.386 e. The summed E-state index contributed by atoms with van der Waals surface area (Å²) in [4.78, 5) is 49.7. The van der Waals surface area contributed by atoms with E-state index in [2.05, 4.69) is 0 Å². The topological polar surface area (TPSA) is 86.7 Å². The van der Waals surface area contributed by atoms with E-state index in [9.17, 15) is 19.2 Å². The molecule has 0 saturated heterocycles. The molecule has 0 aromatic heterocycles. The molecule has 38 heavy (non-hydrogen) atoms. The van der Waals surface area contributed by atoms with E-state index in [0.29, 0.717) is 0 Å². The van der Waals surface area contributed by atoms with Gasteiger partial charge >= 0.3 is 23.9 Å². The second-order valence-electron chi connectivity index (χ2n) is 9.54. The molecule has 0 unspecified atom stereocenters. The Balaban J connectivity index is 1.62. The minimum atomic E-state index is -0.673. The van der Waals surface area contributed by atoms with Crippen molar-refractivity contribution in [1.29, 1.82) is 0 Å². The fraction of sp³-hybridized carbons (Fsp3) is 0. The van der Waals surface area contributed by atoms with Crippen LogP contribution in [0.5, 0.6) is 0 Å². The van der Waals surface area contributed by atoms with Crippen molar-refractivity contribution in [3.63, 3.8) is 0 Å². The summed E-state index contributed by atoms with van der Waals surface area (Å²) in [6.45, 7) is 0. The number of rotatable bonds is 1. The number of benzene rings is 6. The number of ether oxygens (including phenoxy) is 2. The number of esters is 4. The van der Waals surface area contributed by atoms with Crippen molar-refractivity contribution in [2.75, 3.05) is 0 Å². The number of carbonyl (C=O) groups excluding carboxylic acids is 4. The molecule has 2 aliphatic rings. The van der Waals surface area contributed by atoms with Gasteiger partial charge in [-0.1, -0.05) is 48.5 Å². The molecule has 6 nitrogen and oxygen atoms in total. The molecule has 0 spiro atoms. The van der Waals surface area contributed by atoms with Gasteiger partial charge in [0.1, 0.15) is 0 Å². The normalized spacial score (nSPS) is 14.4. The SMILES string of the molecule is O=C1OC(=O)c2cc3c(-c4c5ccccc5cc5cc6c(cc45)C(=O)OC6=O)c4ccccc4cc3cc21. The Bertz CT molecular complexity index is 2000. The summed E-state index contributed by atoms with van der Waals surface area (Å²) in [5.74, 6) is -2.66. The third-order valence-corrected chi connectivity index (χ3v) is 7.50. The van der Waals surface area contributed by atoms with E-state index in [1.54, 1.807) is 24.3 Å². The molecule has 2 heterocycles. The first kappa shape index (κ1) is 20.8. The van der Waals surface area contributed by atoms with Gasteiger partial charge in [-0.3, -0.25) is 0 Å². The average molecular weight is 494 g/mol. The summed E-state index contributed by atoms with van der Waals surface area (Å²) in [5, 5.41) is 6.87. The lowest BCUT2D eigenvalue weighted by atomic mass is 9.84. The Hall–Kier alpha value is -5.36. The maximum absolute atomic E-state index is 12.5. The molecule has 0 bridgehead atoms. The predicted octanol–water partition coefficient (Wildman–Crippen LogP) is 6.59. The van der Waals surface area contributed by atoms with E-state index in [4.69, 9.17) is 9.47 Å². The minimum absolute atomic E-state index is 0.221. The van der Waals surface area contributed by atoms with Crippen LogP contribution in [-0.2, 0) is 9.47 Å². The van der Waals surface area contributed by atoms with E-state index in [-0.39, 0.29) is 22.3 Å². The first-order valence-corrected chi connectivity index (χ1v) is 12.0. The molecule has 2 aliphatic heterocycles. The van der Waals surface area contributed by atoms with E-state index >= 15 is 0 Å². The zero-order valence-corrected chi connectivity index (χ0v) is 19.5. The monoisotopic (exact) mass is 494 g/mol. The highest BCUT2D eigenvalue weighted by Gasteiger charge is 2.33. The summed E-state index contributed by atoms with van der Waals surface area (Å²) >= 11 is 0. The van der Waals surface area contributed by atoms with Crippen LogP contribution < -0.4 is 0 Å². The van der Waals surface area contributed by atoms with Gasteiger partial charge in [-0.15, -0.1) is 0 Å². The number of carbonyl (C=O) groups is 4. The van der Waals surface area contributed by atoms with Crippen LogP contribution in [0, 0.1) is 0 Å². The van der Waals surface area contributed by atoms with Crippen LogP contribution >= 0.6 is 0 Å². The fourth-order valence-electron chi connectivity index (χ4n) is 5.83. The Morgan fingerprint density at radius 1 is 0.368 bits per heavy atom. The third-order valence-electron chi connectivity index (χ3n) is 7.50. The molecule has 6 aromatic rings. The quantitative estimate of drug-likeness (QED) is 0.146. The highest BCUT2D eigenvalue weighted by Crippen LogP contribution is 2.45. The second-order valence-corrected chi connectivity index (χ2v) is 9.54. The van der Waals surface area contributed by atoms with Crippen LogP contribution in [-0.4, -0.2) is 23.9 Å². The Morgan fingerprint density at radius 3 is 1.16 bits per heavy atom. The molecule has 0 fully saturated rings. The van der Waals surface area contributed by atoms with Crippen molar-refractivity contribution in [3.8, 4) is 11.1 Å². The van der Waals surface area contributed by atoms with Crippen molar-refractivity contribution in [3.05, 3.63) is 107 Å². The molecule has 6 aromatic carbocycles. The molecule has 178 valence electrons. The van der Waals surface area contributed by atoms with E-state index in [0.717, 1.165) is 54.2 Å². The van der Waals surface area contributed by atoms with Crippen LogP contribution in [0.4, 0.5) is 0 Å². The van der Waals surface area contributed by atoms with Crippen molar-refractivity contribution in [2.24, 2.45) is 0 Å². The third kappa shape index (κ3) is 2.66. The summed E-state index contributed by atoms with van der Waals surface area (Å²) in [5.41, 5.74) is 2.63. The van der Waals surface area contributed by atoms with Gasteiger partial charge in [0.15, 0.2) is 0 Å². The standard InChI is InChI=1S/C32H14O6/c33-29-23-11-17-9-15-5-1-3-7-19(15)27(21(17)13-25(23)31(35)37-29)28-20-8-4-2-6-16(20)10-18-12-24-26(14-22(18)28)32(36)38-30(24)34/h1-14H. The van der Waals surface area contributed by atoms with Gasteiger partial charge in [0, 0.05) is 0 Å². The summed E-state index contributed by atoms with van der Waals surface area (Å²) in [6.07, 6.45) is 0. The summed E-state index contributed by atoms with van der Waals surface area (Å²) in [7, 11) is 0. The number of cyclic esters (lactones) is 4. The van der Waals surface area contributed by atoms with Crippen molar-refractivity contribution >= 4 is 67.0 Å². The van der Waals surface area contributed by atoms with Gasteiger partial charge in [0.2, 0.25) is 0 Å². The van der Waals surface area contributed by atoms with Gasteiger partial charge in [-0.2, -0.15) is 0 Å². The average Bonchev–Trinajstić information content (AvgIpc) is 3.36. The first-order valence-electron chi connectivity index (χ1n) is 12.0. The maximum atomic E-state index is 12.5. The summed E-state index contributed by atoms with van der Waals surface area (Å²) in [6, 6.07) is 26.6. The minimum Gasteiger partial charge on any atom is -0.386 e. The molecule has 0 N–H and O–H groups in total.